The summed E-state index contributed by atoms with van der Waals surface area (Å²) in [4.78, 5) is 24.6. The quantitative estimate of drug-likeness (QED) is 0.706. The van der Waals surface area contributed by atoms with Crippen molar-refractivity contribution < 1.29 is 4.79 Å². The van der Waals surface area contributed by atoms with E-state index >= 15 is 0 Å². The minimum absolute atomic E-state index is 0.241. The lowest BCUT2D eigenvalue weighted by Gasteiger charge is -2.07. The highest BCUT2D eigenvalue weighted by Crippen LogP contribution is 2.18. The molecular weight excluding hydrogens is 370 g/mol. The lowest BCUT2D eigenvalue weighted by molar-refractivity contribution is 0.0949. The maximum atomic E-state index is 12.1. The molecule has 24 heavy (non-hydrogen) atoms. The van der Waals surface area contributed by atoms with Crippen LogP contribution in [0, 0.1) is 0 Å². The Morgan fingerprint density at radius 1 is 1.04 bits per heavy atom. The molecule has 0 spiro atoms. The van der Waals surface area contributed by atoms with Crippen LogP contribution >= 0.6 is 15.9 Å². The summed E-state index contributed by atoms with van der Waals surface area (Å²) < 4.78 is 0.956. The van der Waals surface area contributed by atoms with Gasteiger partial charge in [-0.15, -0.1) is 0 Å². The number of hydrogen-bond acceptors (Lipinski definition) is 5. The number of hydrogen-bond donors (Lipinski definition) is 2. The van der Waals surface area contributed by atoms with E-state index in [-0.39, 0.29) is 5.91 Å². The van der Waals surface area contributed by atoms with E-state index in [1.807, 2.05) is 42.5 Å². The van der Waals surface area contributed by atoms with Crippen molar-refractivity contribution in [2.75, 3.05) is 5.32 Å². The molecule has 2 heterocycles. The highest BCUT2D eigenvalue weighted by Gasteiger charge is 2.07. The van der Waals surface area contributed by atoms with Gasteiger partial charge in [0.15, 0.2) is 0 Å². The Morgan fingerprint density at radius 3 is 2.58 bits per heavy atom. The van der Waals surface area contributed by atoms with Gasteiger partial charge in [-0.2, -0.15) is 0 Å². The van der Waals surface area contributed by atoms with Gasteiger partial charge in [0.1, 0.15) is 0 Å². The third-order valence-corrected chi connectivity index (χ3v) is 3.64. The zero-order valence-corrected chi connectivity index (χ0v) is 14.2. The molecule has 2 N–H and O–H groups in total. The van der Waals surface area contributed by atoms with E-state index in [0.29, 0.717) is 18.1 Å². The molecule has 0 bridgehead atoms. The SMILES string of the molecule is O=C(NCc1ccccn1)c1cnc(Nc2cccc(Br)c2)nc1. The highest BCUT2D eigenvalue weighted by molar-refractivity contribution is 9.10. The van der Waals surface area contributed by atoms with Crippen molar-refractivity contribution in [3.05, 3.63) is 76.8 Å². The number of carbonyl (C=O) groups is 1. The number of aromatic nitrogens is 3. The molecule has 2 aromatic heterocycles. The first-order chi connectivity index (χ1) is 11.7. The molecule has 3 rings (SSSR count). The zero-order valence-electron chi connectivity index (χ0n) is 12.6. The molecule has 0 saturated heterocycles. The number of nitrogens with zero attached hydrogens (tertiary/aromatic N) is 3. The Morgan fingerprint density at radius 2 is 1.88 bits per heavy atom. The fourth-order valence-corrected chi connectivity index (χ4v) is 2.38. The predicted molar refractivity (Wildman–Crippen MR) is 94.9 cm³/mol. The van der Waals surface area contributed by atoms with Crippen LogP contribution in [0.2, 0.25) is 0 Å². The molecule has 0 aliphatic carbocycles. The minimum atomic E-state index is -0.241. The van der Waals surface area contributed by atoms with E-state index in [0.717, 1.165) is 15.9 Å². The van der Waals surface area contributed by atoms with Crippen LogP contribution in [0.4, 0.5) is 11.6 Å². The fourth-order valence-electron chi connectivity index (χ4n) is 1.98. The summed E-state index contributed by atoms with van der Waals surface area (Å²) in [6, 6.07) is 13.2. The van der Waals surface area contributed by atoms with Crippen LogP contribution in [0.15, 0.2) is 65.5 Å². The highest BCUT2D eigenvalue weighted by atomic mass is 79.9. The van der Waals surface area contributed by atoms with Crippen molar-refractivity contribution >= 4 is 33.5 Å². The Labute approximate surface area is 147 Å². The summed E-state index contributed by atoms with van der Waals surface area (Å²) in [6.07, 6.45) is 4.66. The monoisotopic (exact) mass is 383 g/mol. The van der Waals surface area contributed by atoms with Crippen molar-refractivity contribution in [2.24, 2.45) is 0 Å². The van der Waals surface area contributed by atoms with E-state index in [1.54, 1.807) is 6.20 Å². The number of amides is 1. The van der Waals surface area contributed by atoms with E-state index in [2.05, 4.69) is 41.5 Å². The largest absolute Gasteiger partial charge is 0.346 e. The number of nitrogens with one attached hydrogen (secondary N) is 2. The molecule has 120 valence electrons. The number of carbonyl (C=O) groups excluding carboxylic acids is 1. The molecule has 0 aliphatic heterocycles. The molecular formula is C17H14BrN5O. The summed E-state index contributed by atoms with van der Waals surface area (Å²) in [7, 11) is 0. The Balaban J connectivity index is 1.60. The maximum absolute atomic E-state index is 12.1. The summed E-state index contributed by atoms with van der Waals surface area (Å²) in [6.45, 7) is 0.359. The van der Waals surface area contributed by atoms with Crippen molar-refractivity contribution in [1.82, 2.24) is 20.3 Å². The van der Waals surface area contributed by atoms with Crippen LogP contribution < -0.4 is 10.6 Å². The molecule has 0 atom stereocenters. The molecule has 1 aromatic carbocycles. The van der Waals surface area contributed by atoms with Crippen LogP contribution in [0.1, 0.15) is 16.1 Å². The number of benzene rings is 1. The minimum Gasteiger partial charge on any atom is -0.346 e. The molecule has 6 nitrogen and oxygen atoms in total. The second-order valence-electron chi connectivity index (χ2n) is 4.93. The van der Waals surface area contributed by atoms with Gasteiger partial charge in [0.2, 0.25) is 5.95 Å². The number of anilines is 2. The molecule has 3 aromatic rings. The average molecular weight is 384 g/mol. The van der Waals surface area contributed by atoms with Gasteiger partial charge < -0.3 is 10.6 Å². The molecule has 0 radical (unpaired) electrons. The van der Waals surface area contributed by atoms with E-state index in [1.165, 1.54) is 12.4 Å². The van der Waals surface area contributed by atoms with Gasteiger partial charge in [-0.3, -0.25) is 9.78 Å². The summed E-state index contributed by atoms with van der Waals surface area (Å²) in [5.41, 5.74) is 2.04. The van der Waals surface area contributed by atoms with E-state index in [4.69, 9.17) is 0 Å². The van der Waals surface area contributed by atoms with Gasteiger partial charge in [-0.05, 0) is 30.3 Å². The van der Waals surface area contributed by atoms with Crippen molar-refractivity contribution in [1.29, 1.82) is 0 Å². The van der Waals surface area contributed by atoms with Gasteiger partial charge in [0, 0.05) is 28.8 Å². The standard InChI is InChI=1S/C17H14BrN5O/c18-13-4-3-6-14(8-13)23-17-21-9-12(10-22-17)16(24)20-11-15-5-1-2-7-19-15/h1-10H,11H2,(H,20,24)(H,21,22,23). The van der Waals surface area contributed by atoms with Gasteiger partial charge in [0.05, 0.1) is 17.8 Å². The fraction of sp³-hybridized carbons (Fsp3) is 0.0588. The topological polar surface area (TPSA) is 79.8 Å². The van der Waals surface area contributed by atoms with E-state index < -0.39 is 0 Å². The average Bonchev–Trinajstić information content (AvgIpc) is 2.61. The molecule has 0 aliphatic rings. The molecule has 0 unspecified atom stereocenters. The smallest absolute Gasteiger partial charge is 0.254 e. The second-order valence-corrected chi connectivity index (χ2v) is 5.85. The normalized spacial score (nSPS) is 10.2. The van der Waals surface area contributed by atoms with Crippen molar-refractivity contribution in [3.8, 4) is 0 Å². The van der Waals surface area contributed by atoms with Gasteiger partial charge in [0.25, 0.3) is 5.91 Å². The van der Waals surface area contributed by atoms with Gasteiger partial charge >= 0.3 is 0 Å². The van der Waals surface area contributed by atoms with Crippen molar-refractivity contribution in [2.45, 2.75) is 6.54 Å². The Hall–Kier alpha value is -2.80. The number of pyridine rings is 1. The van der Waals surface area contributed by atoms with Crippen LogP contribution in [0.5, 0.6) is 0 Å². The summed E-state index contributed by atoms with van der Waals surface area (Å²) in [5.74, 6) is 0.184. The number of rotatable bonds is 5. The summed E-state index contributed by atoms with van der Waals surface area (Å²) >= 11 is 3.40. The van der Waals surface area contributed by atoms with E-state index in [9.17, 15) is 4.79 Å². The third-order valence-electron chi connectivity index (χ3n) is 3.15. The first-order valence-electron chi connectivity index (χ1n) is 7.23. The van der Waals surface area contributed by atoms with Gasteiger partial charge in [-0.25, -0.2) is 9.97 Å². The molecule has 1 amide bonds. The third kappa shape index (κ3) is 4.36. The Kier molecular flexibility index (Phi) is 5.12. The van der Waals surface area contributed by atoms with Gasteiger partial charge in [-0.1, -0.05) is 28.1 Å². The van der Waals surface area contributed by atoms with Crippen molar-refractivity contribution in [3.63, 3.8) is 0 Å². The van der Waals surface area contributed by atoms with Crippen LogP contribution in [0.25, 0.3) is 0 Å². The number of halogens is 1. The Bertz CT molecular complexity index is 824. The first-order valence-corrected chi connectivity index (χ1v) is 8.03. The predicted octanol–water partition coefficient (Wildman–Crippen LogP) is 3.31. The molecule has 0 fully saturated rings. The summed E-state index contributed by atoms with van der Waals surface area (Å²) in [5, 5.41) is 5.86. The zero-order chi connectivity index (χ0) is 16.8. The lowest BCUT2D eigenvalue weighted by Crippen LogP contribution is -2.23. The second kappa shape index (κ2) is 7.65. The maximum Gasteiger partial charge on any atom is 0.254 e. The van der Waals surface area contributed by atoms with Crippen LogP contribution in [0.3, 0.4) is 0 Å². The van der Waals surface area contributed by atoms with Crippen LogP contribution in [-0.2, 0) is 6.54 Å². The first kappa shape index (κ1) is 16.1. The molecule has 0 saturated carbocycles. The van der Waals surface area contributed by atoms with Crippen LogP contribution in [-0.4, -0.2) is 20.9 Å². The molecule has 7 heteroatoms. The lowest BCUT2D eigenvalue weighted by atomic mass is 10.3.